The Morgan fingerprint density at radius 3 is 1.73 bits per heavy atom. The first kappa shape index (κ1) is 32.7. The molecule has 0 spiro atoms. The van der Waals surface area contributed by atoms with Crippen molar-refractivity contribution in [2.24, 2.45) is 5.41 Å². The second kappa shape index (κ2) is 20.3. The highest BCUT2D eigenvalue weighted by molar-refractivity contribution is 5.69. The molecule has 0 fully saturated rings. The molecule has 1 aromatic rings. The summed E-state index contributed by atoms with van der Waals surface area (Å²) in [7, 11) is 6.00. The van der Waals surface area contributed by atoms with Gasteiger partial charge in [0, 0.05) is 0 Å². The van der Waals surface area contributed by atoms with Gasteiger partial charge in [0.25, 0.3) is 0 Å². The number of hydrogen-bond donors (Lipinski definition) is 0. The van der Waals surface area contributed by atoms with Crippen LogP contribution in [0.3, 0.4) is 0 Å². The summed E-state index contributed by atoms with van der Waals surface area (Å²) < 4.78 is 0. The predicted molar refractivity (Wildman–Crippen MR) is 139 cm³/mol. The average molecular weight is 416 g/mol. The number of carbonyl (C=O) groups is 1. The minimum atomic E-state index is 0.213. The van der Waals surface area contributed by atoms with Crippen LogP contribution in [0.4, 0.5) is 0 Å². The van der Waals surface area contributed by atoms with Crippen LogP contribution in [-0.2, 0) is 4.79 Å². The maximum atomic E-state index is 10.8. The highest BCUT2D eigenvalue weighted by Gasteiger charge is 2.27. The topological polar surface area (TPSA) is 20.3 Å². The number of aldehydes is 1. The van der Waals surface area contributed by atoms with E-state index >= 15 is 0 Å². The fraction of sp³-hybridized carbons (Fsp3) is 0.536. The second-order valence-electron chi connectivity index (χ2n) is 7.58. The molecule has 2 rings (SSSR count). The van der Waals surface area contributed by atoms with Gasteiger partial charge in [-0.3, -0.25) is 4.79 Å². The van der Waals surface area contributed by atoms with Crippen LogP contribution in [0.25, 0.3) is 6.08 Å². The molecule has 0 aliphatic heterocycles. The third-order valence-corrected chi connectivity index (χ3v) is 3.85. The molecule has 30 heavy (non-hydrogen) atoms. The summed E-state index contributed by atoms with van der Waals surface area (Å²) in [6.45, 7) is 18.6. The van der Waals surface area contributed by atoms with Crippen molar-refractivity contribution < 1.29 is 4.79 Å². The van der Waals surface area contributed by atoms with Gasteiger partial charge in [0.1, 0.15) is 6.29 Å². The normalized spacial score (nSPS) is 15.6. The average Bonchev–Trinajstić information content (AvgIpc) is 2.74. The van der Waals surface area contributed by atoms with E-state index in [0.717, 1.165) is 19.1 Å². The molecule has 1 aromatic carbocycles. The highest BCUT2D eigenvalue weighted by atomic mass is 16.1. The zero-order chi connectivity index (χ0) is 24.2. The van der Waals surface area contributed by atoms with Crippen LogP contribution in [0, 0.1) is 5.41 Å². The lowest BCUT2D eigenvalue weighted by atomic mass is 9.72. The second-order valence-corrected chi connectivity index (χ2v) is 7.58. The van der Waals surface area contributed by atoms with Crippen molar-refractivity contribution in [1.29, 1.82) is 0 Å². The molecule has 0 radical (unpaired) electrons. The monoisotopic (exact) mass is 415 g/mol. The Morgan fingerprint density at radius 2 is 1.30 bits per heavy atom. The van der Waals surface area contributed by atoms with Crippen LogP contribution in [0.15, 0.2) is 59.2 Å². The van der Waals surface area contributed by atoms with E-state index in [-0.39, 0.29) is 5.41 Å². The molecule has 0 atom stereocenters. The van der Waals surface area contributed by atoms with Crippen molar-refractivity contribution >= 4 is 12.4 Å². The molecule has 1 aliphatic rings. The molecule has 0 heterocycles. The third-order valence-electron chi connectivity index (χ3n) is 3.85. The predicted octanol–water partition coefficient (Wildman–Crippen LogP) is 8.22. The lowest BCUT2D eigenvalue weighted by molar-refractivity contribution is -0.104. The van der Waals surface area contributed by atoms with Gasteiger partial charge in [-0.05, 0) is 74.7 Å². The number of benzene rings is 1. The molecular formula is C28H49NO. The van der Waals surface area contributed by atoms with E-state index in [2.05, 4.69) is 45.1 Å². The van der Waals surface area contributed by atoms with Crippen LogP contribution >= 0.6 is 0 Å². The van der Waals surface area contributed by atoms with Crippen LogP contribution in [-0.4, -0.2) is 32.3 Å². The van der Waals surface area contributed by atoms with E-state index in [1.54, 1.807) is 6.08 Å². The lowest BCUT2D eigenvalue weighted by Gasteiger charge is -2.33. The Hall–Kier alpha value is -1.93. The van der Waals surface area contributed by atoms with Crippen LogP contribution in [0.5, 0.6) is 0 Å². The maximum Gasteiger partial charge on any atom is 0.143 e. The van der Waals surface area contributed by atoms with E-state index in [1.807, 2.05) is 85.8 Å². The van der Waals surface area contributed by atoms with Gasteiger partial charge in [-0.2, -0.15) is 0 Å². The number of allylic oxidation sites excluding steroid dienone is 5. The highest BCUT2D eigenvalue weighted by Crippen LogP contribution is 2.42. The minimum Gasteiger partial charge on any atom is -0.312 e. The number of carbonyl (C=O) groups excluding carboxylic acids is 1. The first-order valence-electron chi connectivity index (χ1n) is 11.4. The summed E-state index contributed by atoms with van der Waals surface area (Å²) >= 11 is 0. The Balaban J connectivity index is -0.000000627. The molecule has 0 N–H and O–H groups in total. The Labute approximate surface area is 188 Å². The third kappa shape index (κ3) is 15.9. The Bertz CT molecular complexity index is 617. The molecular weight excluding hydrogens is 366 g/mol. The van der Waals surface area contributed by atoms with Gasteiger partial charge in [0.15, 0.2) is 0 Å². The summed E-state index contributed by atoms with van der Waals surface area (Å²) in [6.07, 6.45) is 8.99. The number of nitrogens with zero attached hydrogens (tertiary/aromatic N) is 1. The molecule has 0 saturated carbocycles. The lowest BCUT2D eigenvalue weighted by Crippen LogP contribution is -2.19. The molecule has 0 saturated heterocycles. The van der Waals surface area contributed by atoms with Crippen molar-refractivity contribution in [2.75, 3.05) is 21.1 Å². The van der Waals surface area contributed by atoms with Crippen LogP contribution < -0.4 is 0 Å². The molecule has 0 amide bonds. The molecule has 172 valence electrons. The van der Waals surface area contributed by atoms with Crippen LogP contribution in [0.1, 0.15) is 80.7 Å². The van der Waals surface area contributed by atoms with Crippen molar-refractivity contribution in [3.63, 3.8) is 0 Å². The maximum absolute atomic E-state index is 10.8. The minimum absolute atomic E-state index is 0.213. The summed E-state index contributed by atoms with van der Waals surface area (Å²) in [5, 5.41) is 0. The van der Waals surface area contributed by atoms with E-state index in [9.17, 15) is 4.79 Å². The SMILES string of the molecule is CC.CC.CC.CC1=C(/C=C/c2ccccc2)CC(C)(C)C/C1=C\C=O.CN(C)C. The van der Waals surface area contributed by atoms with Crippen molar-refractivity contribution in [2.45, 2.75) is 75.2 Å². The smallest absolute Gasteiger partial charge is 0.143 e. The zero-order valence-corrected chi connectivity index (χ0v) is 22.0. The summed E-state index contributed by atoms with van der Waals surface area (Å²) in [4.78, 5) is 12.8. The summed E-state index contributed by atoms with van der Waals surface area (Å²) in [5.41, 5.74) is 5.17. The molecule has 2 nitrogen and oxygen atoms in total. The fourth-order valence-electron chi connectivity index (χ4n) is 2.78. The Morgan fingerprint density at radius 1 is 0.833 bits per heavy atom. The zero-order valence-electron chi connectivity index (χ0n) is 22.0. The number of rotatable bonds is 3. The largest absolute Gasteiger partial charge is 0.312 e. The van der Waals surface area contributed by atoms with Crippen molar-refractivity contribution in [3.05, 3.63) is 64.8 Å². The van der Waals surface area contributed by atoms with Crippen molar-refractivity contribution in [3.8, 4) is 0 Å². The van der Waals surface area contributed by atoms with Crippen molar-refractivity contribution in [1.82, 2.24) is 4.90 Å². The van der Waals surface area contributed by atoms with Gasteiger partial charge in [0.2, 0.25) is 0 Å². The first-order chi connectivity index (χ1) is 14.2. The van der Waals surface area contributed by atoms with Gasteiger partial charge in [-0.1, -0.05) is 97.9 Å². The van der Waals surface area contributed by atoms with Crippen LogP contribution in [0.2, 0.25) is 0 Å². The summed E-state index contributed by atoms with van der Waals surface area (Å²) in [5.74, 6) is 0. The molecule has 0 bridgehead atoms. The Kier molecular flexibility index (Phi) is 22.2. The fourth-order valence-corrected chi connectivity index (χ4v) is 2.78. The van der Waals surface area contributed by atoms with E-state index in [0.29, 0.717) is 0 Å². The van der Waals surface area contributed by atoms with Gasteiger partial charge in [-0.15, -0.1) is 0 Å². The van der Waals surface area contributed by atoms with Gasteiger partial charge >= 0.3 is 0 Å². The van der Waals surface area contributed by atoms with E-state index < -0.39 is 0 Å². The van der Waals surface area contributed by atoms with Gasteiger partial charge in [0.05, 0.1) is 0 Å². The van der Waals surface area contributed by atoms with E-state index in [4.69, 9.17) is 0 Å². The molecule has 0 unspecified atom stereocenters. The first-order valence-corrected chi connectivity index (χ1v) is 11.4. The molecule has 1 aliphatic carbocycles. The standard InChI is InChI=1S/C19H22O.C3H9N.3C2H6/c1-15-17(10-9-16-7-5-4-6-8-16)13-19(2,3)14-18(15)11-12-20;1-4(2)3;3*1-2/h4-12H,13-14H2,1-3H3;1-3H3;3*1-2H3/b10-9+,18-11+;;;;. The van der Waals surface area contributed by atoms with Gasteiger partial charge < -0.3 is 4.90 Å². The summed E-state index contributed by atoms with van der Waals surface area (Å²) in [6, 6.07) is 10.3. The molecule has 0 aromatic heterocycles. The van der Waals surface area contributed by atoms with Gasteiger partial charge in [-0.25, -0.2) is 0 Å². The quantitative estimate of drug-likeness (QED) is 0.366. The molecule has 2 heteroatoms. The number of hydrogen-bond acceptors (Lipinski definition) is 2. The van der Waals surface area contributed by atoms with E-state index in [1.165, 1.54) is 22.3 Å².